The van der Waals surface area contributed by atoms with E-state index in [9.17, 15) is 0 Å². The highest BCUT2D eigenvalue weighted by Crippen LogP contribution is 2.34. The van der Waals surface area contributed by atoms with Crippen LogP contribution in [0, 0.1) is 0 Å². The summed E-state index contributed by atoms with van der Waals surface area (Å²) in [5.41, 5.74) is 6.75. The van der Waals surface area contributed by atoms with Gasteiger partial charge in [0.1, 0.15) is 0 Å². The molecule has 25 heavy (non-hydrogen) atoms. The van der Waals surface area contributed by atoms with E-state index in [1.807, 2.05) is 24.3 Å². The highest BCUT2D eigenvalue weighted by Gasteiger charge is 2.35. The first-order valence-electron chi connectivity index (χ1n) is 8.46. The Morgan fingerprint density at radius 2 is 1.88 bits per heavy atom. The summed E-state index contributed by atoms with van der Waals surface area (Å²) in [4.78, 5) is 8.77. The molecule has 3 aromatic rings. The molecule has 0 atom stereocenters. The maximum atomic E-state index is 6.35. The smallest absolute Gasteiger partial charge is 0.227 e. The van der Waals surface area contributed by atoms with Gasteiger partial charge in [-0.2, -0.15) is 4.98 Å². The molecule has 2 heterocycles. The van der Waals surface area contributed by atoms with Crippen LogP contribution in [0.5, 0.6) is 0 Å². The first-order valence-corrected chi connectivity index (χ1v) is 8.83. The Kier molecular flexibility index (Phi) is 4.31. The average Bonchev–Trinajstić information content (AvgIpc) is 3.34. The van der Waals surface area contributed by atoms with Gasteiger partial charge in [0.05, 0.1) is 16.8 Å². The minimum atomic E-state index is -0.429. The second-order valence-corrected chi connectivity index (χ2v) is 6.88. The molecule has 1 saturated carbocycles. The number of benzene rings is 1. The molecular formula is C18H19ClN4O2. The molecule has 6 nitrogen and oxygen atoms in total. The van der Waals surface area contributed by atoms with Crippen LogP contribution in [0.4, 0.5) is 0 Å². The quantitative estimate of drug-likeness (QED) is 0.743. The molecule has 2 aromatic heterocycles. The number of nitrogens with zero attached hydrogens (tertiary/aromatic N) is 3. The van der Waals surface area contributed by atoms with Gasteiger partial charge in [-0.25, -0.2) is 4.98 Å². The van der Waals surface area contributed by atoms with Crippen LogP contribution in [0.25, 0.3) is 11.3 Å². The van der Waals surface area contributed by atoms with Crippen molar-refractivity contribution in [2.75, 3.05) is 0 Å². The topological polar surface area (TPSA) is 91.0 Å². The molecule has 1 fully saturated rings. The molecule has 0 saturated heterocycles. The lowest BCUT2D eigenvalue weighted by atomic mass is 9.99. The maximum Gasteiger partial charge on any atom is 0.227 e. The molecule has 2 N–H and O–H groups in total. The molecule has 1 aliphatic carbocycles. The summed E-state index contributed by atoms with van der Waals surface area (Å²) in [6.07, 6.45) is 6.86. The zero-order valence-corrected chi connectivity index (χ0v) is 14.5. The van der Waals surface area contributed by atoms with Crippen molar-refractivity contribution in [3.05, 3.63) is 53.1 Å². The summed E-state index contributed by atoms with van der Waals surface area (Å²) in [6.45, 7) is 0. The van der Waals surface area contributed by atoms with E-state index < -0.39 is 5.54 Å². The molecule has 130 valence electrons. The predicted molar refractivity (Wildman–Crippen MR) is 93.0 cm³/mol. The van der Waals surface area contributed by atoms with Crippen molar-refractivity contribution in [1.29, 1.82) is 0 Å². The fourth-order valence-electron chi connectivity index (χ4n) is 3.21. The van der Waals surface area contributed by atoms with Crippen molar-refractivity contribution in [1.82, 2.24) is 15.1 Å². The van der Waals surface area contributed by atoms with Crippen molar-refractivity contribution in [2.24, 2.45) is 5.73 Å². The summed E-state index contributed by atoms with van der Waals surface area (Å²) in [6, 6.07) is 7.52. The average molecular weight is 359 g/mol. The number of halogens is 1. The Labute approximate surface area is 150 Å². The Morgan fingerprint density at radius 3 is 2.68 bits per heavy atom. The van der Waals surface area contributed by atoms with Gasteiger partial charge in [-0.3, -0.25) is 0 Å². The van der Waals surface area contributed by atoms with Crippen LogP contribution in [0.2, 0.25) is 5.02 Å². The molecule has 4 rings (SSSR count). The number of hydrogen-bond donors (Lipinski definition) is 1. The SMILES string of the molecule is NC1(c2noc(CCc3ncc(-c4ccccc4Cl)o3)n2)CCCC1. The van der Waals surface area contributed by atoms with Crippen molar-refractivity contribution < 1.29 is 8.94 Å². The van der Waals surface area contributed by atoms with Gasteiger partial charge in [0.15, 0.2) is 17.5 Å². The number of rotatable bonds is 5. The summed E-state index contributed by atoms with van der Waals surface area (Å²) < 4.78 is 11.1. The van der Waals surface area contributed by atoms with E-state index in [2.05, 4.69) is 15.1 Å². The van der Waals surface area contributed by atoms with Gasteiger partial charge in [-0.15, -0.1) is 0 Å². The molecule has 0 unspecified atom stereocenters. The minimum absolute atomic E-state index is 0.429. The van der Waals surface area contributed by atoms with Crippen molar-refractivity contribution >= 4 is 11.6 Å². The minimum Gasteiger partial charge on any atom is -0.441 e. The number of aryl methyl sites for hydroxylation is 2. The van der Waals surface area contributed by atoms with E-state index in [4.69, 9.17) is 26.3 Å². The Morgan fingerprint density at radius 1 is 1.12 bits per heavy atom. The first-order chi connectivity index (χ1) is 12.1. The van der Waals surface area contributed by atoms with Gasteiger partial charge in [0, 0.05) is 18.4 Å². The van der Waals surface area contributed by atoms with Gasteiger partial charge < -0.3 is 14.7 Å². The number of nitrogens with two attached hydrogens (primary N) is 1. The monoisotopic (exact) mass is 358 g/mol. The molecule has 0 amide bonds. The predicted octanol–water partition coefficient (Wildman–Crippen LogP) is 3.89. The third-order valence-corrected chi connectivity index (χ3v) is 4.98. The maximum absolute atomic E-state index is 6.35. The van der Waals surface area contributed by atoms with Gasteiger partial charge in [-0.1, -0.05) is 41.7 Å². The van der Waals surface area contributed by atoms with Gasteiger partial charge in [0.25, 0.3) is 0 Å². The van der Waals surface area contributed by atoms with Crippen LogP contribution in [0.15, 0.2) is 39.4 Å². The lowest BCUT2D eigenvalue weighted by Gasteiger charge is -2.17. The van der Waals surface area contributed by atoms with Crippen LogP contribution in [-0.2, 0) is 18.4 Å². The van der Waals surface area contributed by atoms with Crippen LogP contribution < -0.4 is 5.73 Å². The fraction of sp³-hybridized carbons (Fsp3) is 0.389. The zero-order valence-electron chi connectivity index (χ0n) is 13.7. The largest absolute Gasteiger partial charge is 0.441 e. The van der Waals surface area contributed by atoms with Crippen molar-refractivity contribution in [3.8, 4) is 11.3 Å². The first kappa shape index (κ1) is 16.3. The Balaban J connectivity index is 1.43. The second kappa shape index (κ2) is 6.61. The lowest BCUT2D eigenvalue weighted by Crippen LogP contribution is -2.34. The van der Waals surface area contributed by atoms with Crippen LogP contribution in [0.3, 0.4) is 0 Å². The second-order valence-electron chi connectivity index (χ2n) is 6.47. The van der Waals surface area contributed by atoms with E-state index in [0.29, 0.717) is 41.2 Å². The third kappa shape index (κ3) is 3.32. The zero-order chi connectivity index (χ0) is 17.3. The third-order valence-electron chi connectivity index (χ3n) is 4.65. The standard InChI is InChI=1S/C18H19ClN4O2/c19-13-6-2-1-5-12(13)14-11-21-15(24-14)7-8-16-22-17(23-25-16)18(20)9-3-4-10-18/h1-2,5-6,11H,3-4,7-10,20H2. The van der Waals surface area contributed by atoms with E-state index >= 15 is 0 Å². The van der Waals surface area contributed by atoms with Gasteiger partial charge >= 0.3 is 0 Å². The van der Waals surface area contributed by atoms with Gasteiger partial charge in [0.2, 0.25) is 5.89 Å². The highest BCUT2D eigenvalue weighted by atomic mass is 35.5. The van der Waals surface area contributed by atoms with E-state index in [-0.39, 0.29) is 0 Å². The summed E-state index contributed by atoms with van der Waals surface area (Å²) in [5.74, 6) is 2.44. The summed E-state index contributed by atoms with van der Waals surface area (Å²) in [5, 5.41) is 4.70. The lowest BCUT2D eigenvalue weighted by molar-refractivity contribution is 0.346. The molecule has 0 aliphatic heterocycles. The fourth-order valence-corrected chi connectivity index (χ4v) is 3.44. The van der Waals surface area contributed by atoms with Crippen molar-refractivity contribution in [2.45, 2.75) is 44.1 Å². The number of hydrogen-bond acceptors (Lipinski definition) is 6. The van der Waals surface area contributed by atoms with E-state index in [1.54, 1.807) is 6.20 Å². The van der Waals surface area contributed by atoms with Gasteiger partial charge in [-0.05, 0) is 25.0 Å². The molecule has 0 bridgehead atoms. The normalized spacial score (nSPS) is 16.4. The van der Waals surface area contributed by atoms with E-state index in [1.165, 1.54) is 0 Å². The summed E-state index contributed by atoms with van der Waals surface area (Å²) in [7, 11) is 0. The van der Waals surface area contributed by atoms with E-state index in [0.717, 1.165) is 31.2 Å². The van der Waals surface area contributed by atoms with Crippen LogP contribution >= 0.6 is 11.6 Å². The molecule has 7 heteroatoms. The molecular weight excluding hydrogens is 340 g/mol. The molecule has 1 aromatic carbocycles. The van der Waals surface area contributed by atoms with Crippen LogP contribution in [-0.4, -0.2) is 15.1 Å². The number of aromatic nitrogens is 3. The van der Waals surface area contributed by atoms with Crippen LogP contribution in [0.1, 0.15) is 43.3 Å². The number of oxazole rings is 1. The highest BCUT2D eigenvalue weighted by molar-refractivity contribution is 6.33. The van der Waals surface area contributed by atoms with Crippen molar-refractivity contribution in [3.63, 3.8) is 0 Å². The Bertz CT molecular complexity index is 867. The summed E-state index contributed by atoms with van der Waals surface area (Å²) >= 11 is 6.19. The molecule has 1 aliphatic rings. The molecule has 0 radical (unpaired) electrons. The molecule has 0 spiro atoms. The Hall–Kier alpha value is -2.18.